The van der Waals surface area contributed by atoms with E-state index in [1.807, 2.05) is 0 Å². The van der Waals surface area contributed by atoms with Crippen LogP contribution < -0.4 is 16.8 Å². The number of hydrogen-bond acceptors (Lipinski definition) is 6. The summed E-state index contributed by atoms with van der Waals surface area (Å²) in [6.07, 6.45) is 4.29. The molecule has 0 aromatic carbocycles. The van der Waals surface area contributed by atoms with Crippen molar-refractivity contribution in [2.45, 2.75) is 50.7 Å². The highest BCUT2D eigenvalue weighted by atomic mass is 16.2. The number of aromatic amines is 1. The number of nitrogens with zero attached hydrogens (tertiary/aromatic N) is 2. The van der Waals surface area contributed by atoms with Gasteiger partial charge in [-0.05, 0) is 6.42 Å². The number of nitrogens with one attached hydrogen (secondary N) is 2. The van der Waals surface area contributed by atoms with Crippen molar-refractivity contribution in [2.24, 2.45) is 17.4 Å². The van der Waals surface area contributed by atoms with Gasteiger partial charge in [-0.2, -0.15) is 4.48 Å². The minimum Gasteiger partial charge on any atom is -0.364 e. The molecule has 146 valence electrons. The van der Waals surface area contributed by atoms with Crippen LogP contribution >= 0.6 is 0 Å². The number of H-pyrrole nitrogens is 1. The molecule has 0 aliphatic carbocycles. The quantitative estimate of drug-likeness (QED) is 0.448. The summed E-state index contributed by atoms with van der Waals surface area (Å²) in [6, 6.07) is -2.80. The summed E-state index contributed by atoms with van der Waals surface area (Å²) >= 11 is 0. The first-order valence-corrected chi connectivity index (χ1v) is 9.06. The number of primary amides is 1. The Bertz CT molecular complexity index is 763. The highest BCUT2D eigenvalue weighted by Gasteiger charge is 2.60. The van der Waals surface area contributed by atoms with E-state index in [1.54, 1.807) is 13.1 Å². The number of quaternary nitrogens is 1. The Morgan fingerprint density at radius 3 is 2.70 bits per heavy atom. The lowest BCUT2D eigenvalue weighted by molar-refractivity contribution is -0.783. The average molecular weight is 377 g/mol. The fourth-order valence-corrected chi connectivity index (χ4v) is 4.20. The molecule has 1 aromatic heterocycles. The predicted molar refractivity (Wildman–Crippen MR) is 93.3 cm³/mol. The highest BCUT2D eigenvalue weighted by Crippen LogP contribution is 2.32. The highest BCUT2D eigenvalue weighted by molar-refractivity contribution is 5.97. The second-order valence-electron chi connectivity index (χ2n) is 7.41. The molecular weight excluding hydrogens is 352 g/mol. The van der Waals surface area contributed by atoms with Gasteiger partial charge in [0.2, 0.25) is 5.91 Å². The summed E-state index contributed by atoms with van der Waals surface area (Å²) in [7, 11) is 0. The van der Waals surface area contributed by atoms with Gasteiger partial charge in [-0.1, -0.05) is 6.92 Å². The molecule has 1 aromatic rings. The van der Waals surface area contributed by atoms with Crippen molar-refractivity contribution in [1.82, 2.24) is 15.3 Å². The molecule has 2 aliphatic heterocycles. The van der Waals surface area contributed by atoms with Gasteiger partial charge in [-0.25, -0.2) is 14.6 Å². The molecule has 2 fully saturated rings. The molecule has 10 nitrogen and oxygen atoms in total. The van der Waals surface area contributed by atoms with Gasteiger partial charge in [0.1, 0.15) is 12.1 Å². The van der Waals surface area contributed by atoms with Gasteiger partial charge in [-0.15, -0.1) is 0 Å². The van der Waals surface area contributed by atoms with E-state index < -0.39 is 40.3 Å². The molecule has 3 rings (SSSR count). The summed E-state index contributed by atoms with van der Waals surface area (Å²) in [5, 5.41) is 2.64. The standard InChI is InChI=1S/C17H24N6O4/c1-9-5-12(22-15(9)25)17(27)23(4-2-3-13(23)14(19)24)16(26)11(18)6-10-7-20-8-21-10/h7-9,11-13H,2-6,18H2,1H3,(H3-,19,20,21,22,24,25)/p+1/t9?,11-,12-,13-,23?/m0/s1. The first kappa shape index (κ1) is 19.2. The van der Waals surface area contributed by atoms with Crippen molar-refractivity contribution in [3.05, 3.63) is 18.2 Å². The molecule has 0 spiro atoms. The van der Waals surface area contributed by atoms with Gasteiger partial charge in [-0.3, -0.25) is 9.59 Å². The van der Waals surface area contributed by atoms with E-state index in [2.05, 4.69) is 15.3 Å². The van der Waals surface area contributed by atoms with Crippen molar-refractivity contribution in [2.75, 3.05) is 6.54 Å². The molecule has 4 amide bonds. The Hall–Kier alpha value is -2.59. The van der Waals surface area contributed by atoms with Gasteiger partial charge in [0.25, 0.3) is 5.91 Å². The largest absolute Gasteiger partial charge is 0.364 e. The van der Waals surface area contributed by atoms with Crippen LogP contribution in [0.5, 0.6) is 0 Å². The van der Waals surface area contributed by atoms with E-state index in [1.165, 1.54) is 6.33 Å². The number of aromatic nitrogens is 2. The van der Waals surface area contributed by atoms with Crippen LogP contribution in [-0.4, -0.2) is 62.7 Å². The number of hydrogen-bond donors (Lipinski definition) is 4. The minimum absolute atomic E-state index is 0.155. The Balaban J connectivity index is 1.93. The molecule has 2 unspecified atom stereocenters. The maximum Gasteiger partial charge on any atom is 0.344 e. The number of amides is 4. The fourth-order valence-electron chi connectivity index (χ4n) is 4.20. The Kier molecular flexibility index (Phi) is 5.11. The van der Waals surface area contributed by atoms with Gasteiger partial charge in [0, 0.05) is 37.1 Å². The number of carbonyl (C=O) groups is 4. The number of imidazole rings is 1. The summed E-state index contributed by atoms with van der Waals surface area (Å²) in [4.78, 5) is 57.4. The van der Waals surface area contributed by atoms with Crippen molar-refractivity contribution >= 4 is 23.6 Å². The minimum atomic E-state index is -1.01. The molecule has 5 atom stereocenters. The number of imide groups is 1. The third-order valence-electron chi connectivity index (χ3n) is 5.60. The SMILES string of the molecule is CC1C[C@@H](C(=O)[N+]2(C(=O)[C@@H](N)Cc3cnc[nH]3)CCC[C@H]2C(N)=O)NC1=O. The van der Waals surface area contributed by atoms with E-state index in [4.69, 9.17) is 11.5 Å². The van der Waals surface area contributed by atoms with E-state index >= 15 is 0 Å². The van der Waals surface area contributed by atoms with E-state index in [9.17, 15) is 19.2 Å². The second kappa shape index (κ2) is 7.20. The van der Waals surface area contributed by atoms with Crippen molar-refractivity contribution in [1.29, 1.82) is 0 Å². The van der Waals surface area contributed by atoms with Gasteiger partial charge >= 0.3 is 11.8 Å². The van der Waals surface area contributed by atoms with Crippen molar-refractivity contribution in [3.63, 3.8) is 0 Å². The third kappa shape index (κ3) is 3.26. The van der Waals surface area contributed by atoms with E-state index in [0.717, 1.165) is 0 Å². The van der Waals surface area contributed by atoms with Crippen LogP contribution in [0.2, 0.25) is 0 Å². The first-order chi connectivity index (χ1) is 12.8. The van der Waals surface area contributed by atoms with Crippen LogP contribution in [0.3, 0.4) is 0 Å². The average Bonchev–Trinajstić information content (AvgIpc) is 3.35. The van der Waals surface area contributed by atoms with Crippen LogP contribution in [0.15, 0.2) is 12.5 Å². The maximum absolute atomic E-state index is 13.4. The molecule has 0 radical (unpaired) electrons. The smallest absolute Gasteiger partial charge is 0.344 e. The van der Waals surface area contributed by atoms with Crippen LogP contribution in [-0.2, 0) is 25.6 Å². The molecular formula is C17H25N6O4+. The number of carbonyl (C=O) groups excluding carboxylic acids is 4. The molecule has 10 heteroatoms. The Morgan fingerprint density at radius 1 is 1.41 bits per heavy atom. The topological polar surface area (TPSA) is 161 Å². The fraction of sp³-hybridized carbons (Fsp3) is 0.588. The van der Waals surface area contributed by atoms with Crippen LogP contribution in [0.25, 0.3) is 0 Å². The zero-order valence-electron chi connectivity index (χ0n) is 15.2. The molecule has 0 saturated carbocycles. The third-order valence-corrected chi connectivity index (χ3v) is 5.60. The summed E-state index contributed by atoms with van der Waals surface area (Å²) in [5.41, 5.74) is 12.3. The van der Waals surface area contributed by atoms with Crippen molar-refractivity contribution < 1.29 is 23.7 Å². The van der Waals surface area contributed by atoms with Gasteiger partial charge in [0.05, 0.1) is 12.9 Å². The Morgan fingerprint density at radius 2 is 2.15 bits per heavy atom. The summed E-state index contributed by atoms with van der Waals surface area (Å²) in [5.74, 6) is -2.33. The monoisotopic (exact) mass is 377 g/mol. The first-order valence-electron chi connectivity index (χ1n) is 9.06. The lowest BCUT2D eigenvalue weighted by atomic mass is 10.0. The maximum atomic E-state index is 13.4. The van der Waals surface area contributed by atoms with E-state index in [-0.39, 0.29) is 31.2 Å². The summed E-state index contributed by atoms with van der Waals surface area (Å²) in [6.45, 7) is 1.87. The molecule has 2 saturated heterocycles. The molecule has 2 aliphatic rings. The van der Waals surface area contributed by atoms with Crippen LogP contribution in [0.1, 0.15) is 31.9 Å². The molecule has 3 heterocycles. The summed E-state index contributed by atoms with van der Waals surface area (Å²) < 4.78 is -0.720. The van der Waals surface area contributed by atoms with E-state index in [0.29, 0.717) is 18.5 Å². The van der Waals surface area contributed by atoms with Gasteiger partial charge in [0.15, 0.2) is 6.04 Å². The van der Waals surface area contributed by atoms with Crippen LogP contribution in [0.4, 0.5) is 0 Å². The lowest BCUT2D eigenvalue weighted by Crippen LogP contribution is -2.70. The number of nitrogens with two attached hydrogens (primary N) is 2. The lowest BCUT2D eigenvalue weighted by Gasteiger charge is -2.36. The number of rotatable bonds is 5. The molecule has 27 heavy (non-hydrogen) atoms. The van der Waals surface area contributed by atoms with Crippen LogP contribution in [0, 0.1) is 5.92 Å². The predicted octanol–water partition coefficient (Wildman–Crippen LogP) is -1.68. The van der Waals surface area contributed by atoms with Gasteiger partial charge < -0.3 is 21.8 Å². The molecule has 6 N–H and O–H groups in total. The Labute approximate surface area is 156 Å². The number of likely N-dealkylation sites (tertiary alicyclic amines) is 1. The second-order valence-corrected chi connectivity index (χ2v) is 7.41. The zero-order chi connectivity index (χ0) is 19.8. The van der Waals surface area contributed by atoms with Crippen molar-refractivity contribution in [3.8, 4) is 0 Å². The molecule has 0 bridgehead atoms. The normalized spacial score (nSPS) is 31.5. The zero-order valence-corrected chi connectivity index (χ0v) is 15.2.